The number of aromatic nitrogens is 1. The van der Waals surface area contributed by atoms with E-state index < -0.39 is 0 Å². The molecule has 0 fully saturated rings. The first-order valence-electron chi connectivity index (χ1n) is 6.50. The summed E-state index contributed by atoms with van der Waals surface area (Å²) in [5.41, 5.74) is 1.04. The number of benzene rings is 1. The molecule has 1 unspecified atom stereocenters. The van der Waals surface area contributed by atoms with Gasteiger partial charge in [0, 0.05) is 11.6 Å². The van der Waals surface area contributed by atoms with Crippen LogP contribution in [0.3, 0.4) is 0 Å². The van der Waals surface area contributed by atoms with Gasteiger partial charge in [0.1, 0.15) is 17.3 Å². The van der Waals surface area contributed by atoms with E-state index in [1.165, 1.54) is 0 Å². The molecule has 0 spiro atoms. The second kappa shape index (κ2) is 6.43. The summed E-state index contributed by atoms with van der Waals surface area (Å²) in [7, 11) is 3.31. The van der Waals surface area contributed by atoms with Gasteiger partial charge in [-0.1, -0.05) is 0 Å². The number of aryl methyl sites for hydroxylation is 1. The van der Waals surface area contributed by atoms with Gasteiger partial charge in [0.05, 0.1) is 27.0 Å². The van der Waals surface area contributed by atoms with Crippen molar-refractivity contribution in [3.8, 4) is 11.5 Å². The molecule has 0 saturated carbocycles. The Bertz CT molecular complexity index is 566. The van der Waals surface area contributed by atoms with Crippen LogP contribution >= 0.6 is 0 Å². The van der Waals surface area contributed by atoms with Gasteiger partial charge < -0.3 is 19.2 Å². The molecule has 1 aromatic carbocycles. The second-order valence-corrected chi connectivity index (χ2v) is 4.58. The van der Waals surface area contributed by atoms with E-state index in [-0.39, 0.29) is 6.04 Å². The van der Waals surface area contributed by atoms with Crippen molar-refractivity contribution in [3.63, 3.8) is 0 Å². The van der Waals surface area contributed by atoms with Gasteiger partial charge in [0.25, 0.3) is 0 Å². The average molecular weight is 276 g/mol. The van der Waals surface area contributed by atoms with Gasteiger partial charge in [-0.25, -0.2) is 4.98 Å². The van der Waals surface area contributed by atoms with Crippen molar-refractivity contribution >= 4 is 0 Å². The molecule has 5 nitrogen and oxygen atoms in total. The summed E-state index contributed by atoms with van der Waals surface area (Å²) in [4.78, 5) is 4.17. The Balaban J connectivity index is 2.09. The van der Waals surface area contributed by atoms with Crippen LogP contribution in [0.25, 0.3) is 0 Å². The monoisotopic (exact) mass is 276 g/mol. The van der Waals surface area contributed by atoms with Gasteiger partial charge in [-0.05, 0) is 32.0 Å². The Morgan fingerprint density at radius 2 is 2.10 bits per heavy atom. The van der Waals surface area contributed by atoms with Gasteiger partial charge in [-0.3, -0.25) is 0 Å². The van der Waals surface area contributed by atoms with Gasteiger partial charge in [0.15, 0.2) is 0 Å². The molecule has 1 atom stereocenters. The predicted octanol–water partition coefficient (Wildman–Crippen LogP) is 2.85. The van der Waals surface area contributed by atoms with Gasteiger partial charge in [-0.2, -0.15) is 0 Å². The molecule has 0 aliphatic rings. The Morgan fingerprint density at radius 1 is 1.30 bits per heavy atom. The third kappa shape index (κ3) is 3.30. The molecule has 2 rings (SSSR count). The average Bonchev–Trinajstić information content (AvgIpc) is 2.89. The topological polar surface area (TPSA) is 56.5 Å². The number of rotatable bonds is 6. The Hall–Kier alpha value is -2.01. The van der Waals surface area contributed by atoms with Crippen LogP contribution in [0.2, 0.25) is 0 Å². The molecule has 0 aliphatic heterocycles. The molecule has 5 heteroatoms. The van der Waals surface area contributed by atoms with Crippen molar-refractivity contribution in [1.82, 2.24) is 10.3 Å². The van der Waals surface area contributed by atoms with Crippen LogP contribution in [0, 0.1) is 6.92 Å². The van der Waals surface area contributed by atoms with Crippen LogP contribution < -0.4 is 14.8 Å². The summed E-state index contributed by atoms with van der Waals surface area (Å²) in [5, 5.41) is 3.36. The first-order valence-corrected chi connectivity index (χ1v) is 6.50. The van der Waals surface area contributed by atoms with Crippen molar-refractivity contribution in [1.29, 1.82) is 0 Å². The van der Waals surface area contributed by atoms with E-state index in [0.29, 0.717) is 12.4 Å². The lowest BCUT2D eigenvalue weighted by atomic mass is 10.1. The molecule has 1 heterocycles. The summed E-state index contributed by atoms with van der Waals surface area (Å²) in [5.74, 6) is 3.13. The fraction of sp³-hybridized carbons (Fsp3) is 0.400. The zero-order valence-corrected chi connectivity index (χ0v) is 12.3. The minimum absolute atomic E-state index is 0.0901. The molecule has 2 aromatic rings. The fourth-order valence-corrected chi connectivity index (χ4v) is 2.01. The summed E-state index contributed by atoms with van der Waals surface area (Å²) in [6.07, 6.45) is 1.72. The number of nitrogens with zero attached hydrogens (tertiary/aromatic N) is 1. The molecule has 1 N–H and O–H groups in total. The van der Waals surface area contributed by atoms with Gasteiger partial charge >= 0.3 is 0 Å². The molecule has 0 bridgehead atoms. The molecule has 1 aromatic heterocycles. The number of oxazole rings is 1. The molecule has 0 radical (unpaired) electrons. The smallest absolute Gasteiger partial charge is 0.208 e. The summed E-state index contributed by atoms with van der Waals surface area (Å²) in [6.45, 7) is 4.51. The number of hydrogen-bond acceptors (Lipinski definition) is 5. The normalized spacial score (nSPS) is 12.2. The van der Waals surface area contributed by atoms with E-state index >= 15 is 0 Å². The highest BCUT2D eigenvalue weighted by Crippen LogP contribution is 2.29. The zero-order chi connectivity index (χ0) is 14.5. The summed E-state index contributed by atoms with van der Waals surface area (Å²) in [6, 6.07) is 5.85. The highest BCUT2D eigenvalue weighted by atomic mass is 16.5. The first-order chi connectivity index (χ1) is 9.63. The quantitative estimate of drug-likeness (QED) is 0.879. The summed E-state index contributed by atoms with van der Waals surface area (Å²) >= 11 is 0. The minimum Gasteiger partial charge on any atom is -0.497 e. The second-order valence-electron chi connectivity index (χ2n) is 4.58. The van der Waals surface area contributed by atoms with Crippen LogP contribution in [0.15, 0.2) is 28.8 Å². The Morgan fingerprint density at radius 3 is 2.70 bits per heavy atom. The maximum absolute atomic E-state index is 5.44. The van der Waals surface area contributed by atoms with E-state index in [0.717, 1.165) is 22.8 Å². The van der Waals surface area contributed by atoms with Crippen LogP contribution in [-0.4, -0.2) is 19.2 Å². The molecule has 0 saturated heterocycles. The number of methoxy groups -OCH3 is 2. The number of hydrogen-bond donors (Lipinski definition) is 1. The minimum atomic E-state index is 0.0901. The fourth-order valence-electron chi connectivity index (χ4n) is 2.01. The summed E-state index contributed by atoms with van der Waals surface area (Å²) < 4.78 is 16.1. The molecule has 0 amide bonds. The van der Waals surface area contributed by atoms with E-state index in [4.69, 9.17) is 13.9 Å². The zero-order valence-electron chi connectivity index (χ0n) is 12.3. The Kier molecular flexibility index (Phi) is 4.63. The first kappa shape index (κ1) is 14.4. The van der Waals surface area contributed by atoms with E-state index in [1.54, 1.807) is 20.4 Å². The molecular weight excluding hydrogens is 256 g/mol. The van der Waals surface area contributed by atoms with Crippen LogP contribution in [0.1, 0.15) is 30.2 Å². The van der Waals surface area contributed by atoms with Crippen molar-refractivity contribution < 1.29 is 13.9 Å². The van der Waals surface area contributed by atoms with Crippen LogP contribution in [0.4, 0.5) is 0 Å². The van der Waals surface area contributed by atoms with E-state index in [1.807, 2.05) is 25.1 Å². The largest absolute Gasteiger partial charge is 0.497 e. The molecule has 0 aliphatic carbocycles. The van der Waals surface area contributed by atoms with Crippen molar-refractivity contribution in [3.05, 3.63) is 41.6 Å². The third-order valence-corrected chi connectivity index (χ3v) is 3.13. The Labute approximate surface area is 118 Å². The molecular formula is C15H20N2O3. The number of ether oxygens (including phenoxy) is 2. The highest BCUT2D eigenvalue weighted by Gasteiger charge is 2.13. The van der Waals surface area contributed by atoms with Crippen molar-refractivity contribution in [2.45, 2.75) is 26.4 Å². The SMILES string of the molecule is COc1ccc(OC)c(C(C)NCc2ncc(C)o2)c1. The lowest BCUT2D eigenvalue weighted by Crippen LogP contribution is -2.19. The molecule has 108 valence electrons. The lowest BCUT2D eigenvalue weighted by molar-refractivity contribution is 0.386. The third-order valence-electron chi connectivity index (χ3n) is 3.13. The van der Waals surface area contributed by atoms with Gasteiger partial charge in [-0.15, -0.1) is 0 Å². The molecule has 20 heavy (non-hydrogen) atoms. The standard InChI is InChI=1S/C15H20N2O3/c1-10-8-17-15(20-10)9-16-11(2)13-7-12(18-3)5-6-14(13)19-4/h5-8,11,16H,9H2,1-4H3. The lowest BCUT2D eigenvalue weighted by Gasteiger charge is -2.17. The maximum Gasteiger partial charge on any atom is 0.208 e. The number of nitrogens with one attached hydrogen (secondary N) is 1. The highest BCUT2D eigenvalue weighted by molar-refractivity contribution is 5.42. The van der Waals surface area contributed by atoms with Gasteiger partial charge in [0.2, 0.25) is 5.89 Å². The van der Waals surface area contributed by atoms with Crippen molar-refractivity contribution in [2.75, 3.05) is 14.2 Å². The van der Waals surface area contributed by atoms with E-state index in [9.17, 15) is 0 Å². The van der Waals surface area contributed by atoms with Crippen LogP contribution in [-0.2, 0) is 6.54 Å². The predicted molar refractivity (Wildman–Crippen MR) is 76.0 cm³/mol. The van der Waals surface area contributed by atoms with E-state index in [2.05, 4.69) is 17.2 Å². The van der Waals surface area contributed by atoms with Crippen LogP contribution in [0.5, 0.6) is 11.5 Å². The van der Waals surface area contributed by atoms with Crippen molar-refractivity contribution in [2.24, 2.45) is 0 Å². The maximum atomic E-state index is 5.44.